The van der Waals surface area contributed by atoms with Crippen LogP contribution in [0.25, 0.3) is 22.3 Å². The number of allylic oxidation sites excluding steroid dienone is 1. The number of likely N-dealkylation sites (N-methyl/N-ethyl adjacent to an activating group) is 1. The lowest BCUT2D eigenvalue weighted by molar-refractivity contribution is -0.145. The van der Waals surface area contributed by atoms with E-state index in [0.29, 0.717) is 46.6 Å². The Bertz CT molecular complexity index is 2290. The van der Waals surface area contributed by atoms with E-state index in [9.17, 15) is 32.7 Å². The van der Waals surface area contributed by atoms with E-state index in [0.717, 1.165) is 24.2 Å². The Morgan fingerprint density at radius 3 is 2.56 bits per heavy atom. The van der Waals surface area contributed by atoms with Crippen LogP contribution >= 0.6 is 11.3 Å². The van der Waals surface area contributed by atoms with Crippen LogP contribution in [0.15, 0.2) is 41.8 Å². The van der Waals surface area contributed by atoms with Gasteiger partial charge in [-0.1, -0.05) is 45.8 Å². The fourth-order valence-electron chi connectivity index (χ4n) is 7.85. The average molecular weight is 897 g/mol. The summed E-state index contributed by atoms with van der Waals surface area (Å²) in [5.41, 5.74) is -0.330. The first-order chi connectivity index (χ1) is 29.2. The minimum atomic E-state index is -3.55. The van der Waals surface area contributed by atoms with Gasteiger partial charge in [0.25, 0.3) is 0 Å². The van der Waals surface area contributed by atoms with E-state index in [1.54, 1.807) is 25.3 Å². The summed E-state index contributed by atoms with van der Waals surface area (Å²) in [6.07, 6.45) is 7.46. The zero-order valence-electron chi connectivity index (χ0n) is 36.7. The van der Waals surface area contributed by atoms with Crippen molar-refractivity contribution in [2.75, 3.05) is 38.8 Å². The van der Waals surface area contributed by atoms with Gasteiger partial charge in [-0.2, -0.15) is 0 Å². The molecule has 2 aromatic heterocycles. The van der Waals surface area contributed by atoms with Crippen LogP contribution in [-0.2, 0) is 24.4 Å². The Kier molecular flexibility index (Phi) is 14.1. The molecular weight excluding hydrogens is 837 g/mol. The predicted octanol–water partition coefficient (Wildman–Crippen LogP) is 4.99. The summed E-state index contributed by atoms with van der Waals surface area (Å²) in [6, 6.07) is 3.86. The van der Waals surface area contributed by atoms with Gasteiger partial charge in [0.05, 0.1) is 31.1 Å². The molecule has 3 aliphatic rings. The number of ether oxygens (including phenoxy) is 2. The fourth-order valence-corrected chi connectivity index (χ4v) is 9.12. The standard InChI is InChI=1S/C43H60N8O9S2/c1-25(2)44-41-47-33(24-61-41)32-20-35(29-17-16-27(59-7)18-31(29)45-32)60-28-19-34-37(52)49-43(39(54)55)21-26(43)14-12-10-9-11-13-15-30(38(53)51(34)22-28)46-40(56)48-36(42(3,4)5)23-50(6)62(8,57)58/h12,14,16-18,20,24-26,28,30,34,36H,9-11,13,15,19,21-23H2,1-8H3,(H,44,47)(H,49,52)(H,54,55)(H2,46,48,56)/b14-12-/t26-,28-,30+,34+,36-,43-/m1/s1. The number of urea groups is 1. The molecule has 3 aromatic rings. The molecule has 0 spiro atoms. The molecule has 1 saturated heterocycles. The highest BCUT2D eigenvalue weighted by Gasteiger charge is 2.61. The van der Waals surface area contributed by atoms with Crippen molar-refractivity contribution in [1.29, 1.82) is 0 Å². The zero-order valence-corrected chi connectivity index (χ0v) is 38.3. The number of benzene rings is 1. The molecule has 17 nitrogen and oxygen atoms in total. The first kappa shape index (κ1) is 46.5. The molecule has 0 radical (unpaired) electrons. The number of carboxylic acids is 1. The largest absolute Gasteiger partial charge is 0.497 e. The van der Waals surface area contributed by atoms with Gasteiger partial charge in [-0.15, -0.1) is 11.3 Å². The van der Waals surface area contributed by atoms with E-state index in [4.69, 9.17) is 19.4 Å². The number of nitrogens with zero attached hydrogens (tertiary/aromatic N) is 4. The summed E-state index contributed by atoms with van der Waals surface area (Å²) in [5, 5.41) is 25.5. The number of sulfonamides is 1. The van der Waals surface area contributed by atoms with Crippen LogP contribution in [0.4, 0.5) is 9.93 Å². The number of hydrogen-bond donors (Lipinski definition) is 5. The van der Waals surface area contributed by atoms with Crippen LogP contribution in [-0.4, -0.2) is 126 Å². The molecule has 0 bridgehead atoms. The Hall–Kier alpha value is -5.01. The summed E-state index contributed by atoms with van der Waals surface area (Å²) in [4.78, 5) is 66.7. The number of fused-ring (bicyclic) bond motifs is 3. The van der Waals surface area contributed by atoms with Gasteiger partial charge in [0.1, 0.15) is 40.9 Å². The van der Waals surface area contributed by atoms with Crippen molar-refractivity contribution in [3.05, 3.63) is 41.8 Å². The summed E-state index contributed by atoms with van der Waals surface area (Å²) in [7, 11) is -0.551. The molecule has 2 fully saturated rings. The van der Waals surface area contributed by atoms with E-state index in [2.05, 4.69) is 21.3 Å². The first-order valence-electron chi connectivity index (χ1n) is 21.1. The lowest BCUT2D eigenvalue weighted by Gasteiger charge is -2.35. The number of nitrogens with one attached hydrogen (secondary N) is 4. The van der Waals surface area contributed by atoms with Crippen LogP contribution in [0.2, 0.25) is 0 Å². The summed E-state index contributed by atoms with van der Waals surface area (Å²) >= 11 is 1.45. The molecule has 19 heteroatoms. The molecule has 4 heterocycles. The van der Waals surface area contributed by atoms with Gasteiger partial charge in [-0.25, -0.2) is 32.3 Å². The summed E-state index contributed by atoms with van der Waals surface area (Å²) < 4.78 is 38.0. The van der Waals surface area contributed by atoms with Gasteiger partial charge in [0.2, 0.25) is 21.8 Å². The highest BCUT2D eigenvalue weighted by atomic mass is 32.2. The number of hydrogen-bond acceptors (Lipinski definition) is 12. The van der Waals surface area contributed by atoms with Crippen molar-refractivity contribution in [2.45, 2.75) is 115 Å². The first-order valence-corrected chi connectivity index (χ1v) is 23.8. The van der Waals surface area contributed by atoms with Crippen LogP contribution in [0.1, 0.15) is 79.6 Å². The third-order valence-electron chi connectivity index (χ3n) is 11.7. The number of aromatic nitrogens is 2. The minimum Gasteiger partial charge on any atom is -0.497 e. The smallest absolute Gasteiger partial charge is 0.330 e. The predicted molar refractivity (Wildman–Crippen MR) is 238 cm³/mol. The Balaban J connectivity index is 1.33. The summed E-state index contributed by atoms with van der Waals surface area (Å²) in [6.45, 7) is 9.64. The molecule has 338 valence electrons. The Morgan fingerprint density at radius 1 is 1.13 bits per heavy atom. The van der Waals surface area contributed by atoms with Gasteiger partial charge in [-0.05, 0) is 57.1 Å². The van der Waals surface area contributed by atoms with Gasteiger partial charge in [0.15, 0.2) is 5.13 Å². The van der Waals surface area contributed by atoms with Gasteiger partial charge in [0, 0.05) is 60.9 Å². The number of carbonyl (C=O) groups excluding carboxylic acids is 3. The summed E-state index contributed by atoms with van der Waals surface area (Å²) in [5.74, 6) is -1.68. The van der Waals surface area contributed by atoms with Crippen LogP contribution in [0.5, 0.6) is 11.5 Å². The number of pyridine rings is 1. The number of thiazole rings is 1. The molecule has 1 aliphatic carbocycles. The molecule has 6 rings (SSSR count). The van der Waals surface area contributed by atoms with Crippen molar-refractivity contribution in [1.82, 2.24) is 35.1 Å². The highest BCUT2D eigenvalue weighted by Crippen LogP contribution is 2.45. The van der Waals surface area contributed by atoms with E-state index < -0.39 is 74.9 Å². The second-order valence-corrected chi connectivity index (χ2v) is 20.9. The Morgan fingerprint density at radius 2 is 1.89 bits per heavy atom. The van der Waals surface area contributed by atoms with Crippen LogP contribution in [0, 0.1) is 11.3 Å². The lowest BCUT2D eigenvalue weighted by atomic mass is 9.87. The molecule has 5 N–H and O–H groups in total. The molecule has 2 aliphatic heterocycles. The average Bonchev–Trinajstić information content (AvgIpc) is 3.46. The number of methoxy groups -OCH3 is 1. The minimum absolute atomic E-state index is 0.00174. The maximum Gasteiger partial charge on any atom is 0.330 e. The third kappa shape index (κ3) is 10.9. The molecule has 0 unspecified atom stereocenters. The number of amides is 4. The maximum absolute atomic E-state index is 14.8. The van der Waals surface area contributed by atoms with Crippen molar-refractivity contribution >= 4 is 61.2 Å². The molecular formula is C43H60N8O9S2. The molecule has 6 atom stereocenters. The Labute approximate surface area is 367 Å². The highest BCUT2D eigenvalue weighted by molar-refractivity contribution is 7.88. The quantitative estimate of drug-likeness (QED) is 0.152. The van der Waals surface area contributed by atoms with Gasteiger partial charge in [-0.3, -0.25) is 9.59 Å². The van der Waals surface area contributed by atoms with Crippen LogP contribution in [0.3, 0.4) is 0 Å². The number of aliphatic carboxylic acids is 1. The van der Waals surface area contributed by atoms with Gasteiger partial charge >= 0.3 is 12.0 Å². The molecule has 4 amide bonds. The topological polar surface area (TPSA) is 221 Å². The van der Waals surface area contributed by atoms with E-state index >= 15 is 0 Å². The second kappa shape index (κ2) is 18.8. The molecule has 62 heavy (non-hydrogen) atoms. The van der Waals surface area contributed by atoms with E-state index in [-0.39, 0.29) is 38.4 Å². The van der Waals surface area contributed by atoms with Crippen LogP contribution < -0.4 is 30.7 Å². The molecule has 1 aromatic carbocycles. The number of carboxylic acid groups (broad SMARTS) is 1. The van der Waals surface area contributed by atoms with E-state index in [1.165, 1.54) is 27.6 Å². The normalized spacial score (nSPS) is 24.6. The number of carbonyl (C=O) groups is 4. The molecule has 1 saturated carbocycles. The lowest BCUT2D eigenvalue weighted by Crippen LogP contribution is -2.59. The number of rotatable bonds is 12. The third-order valence-corrected chi connectivity index (χ3v) is 13.8. The monoisotopic (exact) mass is 896 g/mol. The van der Waals surface area contributed by atoms with Crippen molar-refractivity contribution in [2.24, 2.45) is 11.3 Å². The van der Waals surface area contributed by atoms with Crippen molar-refractivity contribution in [3.63, 3.8) is 0 Å². The zero-order chi connectivity index (χ0) is 45.1. The SMILES string of the molecule is COc1ccc2c(O[C@@H]3C[C@H]4C(=O)N[C@]5(C(=O)O)C[C@H]5/C=C\CCCCC[C@H](NC(=O)N[C@H](CN(C)S(C)(=O)=O)C(C)(C)C)C(=O)N4C3)cc(-c3csc(NC(C)C)n3)nc2c1. The number of anilines is 1. The van der Waals surface area contributed by atoms with Gasteiger partial charge < -0.3 is 40.7 Å². The van der Waals surface area contributed by atoms with E-state index in [1.807, 2.05) is 58.2 Å². The van der Waals surface area contributed by atoms with Crippen molar-refractivity contribution in [3.8, 4) is 22.9 Å². The fraction of sp³-hybridized carbons (Fsp3) is 0.581. The second-order valence-electron chi connectivity index (χ2n) is 18.0. The van der Waals surface area contributed by atoms with Crippen molar-refractivity contribution < 1.29 is 42.2 Å². The maximum atomic E-state index is 14.8.